The molecule has 0 spiro atoms. The third-order valence-electron chi connectivity index (χ3n) is 1.14. The normalized spacial score (nSPS) is 9.80. The molecule has 0 aromatic carbocycles. The lowest BCUT2D eigenvalue weighted by Gasteiger charge is -1.95. The van der Waals surface area contributed by atoms with Gasteiger partial charge in [0.05, 0.1) is 6.61 Å². The van der Waals surface area contributed by atoms with Crippen molar-refractivity contribution in [2.75, 3.05) is 6.61 Å². The first-order valence-corrected chi connectivity index (χ1v) is 4.15. The number of rotatable bonds is 3. The summed E-state index contributed by atoms with van der Waals surface area (Å²) in [6, 6.07) is 1.98. The van der Waals surface area contributed by atoms with Crippen LogP contribution < -0.4 is 10.5 Å². The van der Waals surface area contributed by atoms with E-state index in [9.17, 15) is 0 Å². The highest BCUT2D eigenvalue weighted by atomic mass is 32.1. The molecule has 2 N–H and O–H groups in total. The van der Waals surface area contributed by atoms with Crippen LogP contribution in [0.5, 0.6) is 5.75 Å². The molecule has 1 rings (SSSR count). The van der Waals surface area contributed by atoms with E-state index in [2.05, 4.69) is 0 Å². The maximum atomic E-state index is 5.41. The Morgan fingerprint density at radius 3 is 3.00 bits per heavy atom. The summed E-state index contributed by atoms with van der Waals surface area (Å²) >= 11 is 1.64. The molecule has 2 nitrogen and oxygen atoms in total. The highest BCUT2D eigenvalue weighted by Gasteiger charge is 1.96. The molecule has 0 saturated heterocycles. The van der Waals surface area contributed by atoms with Gasteiger partial charge in [-0.05, 0) is 13.0 Å². The summed E-state index contributed by atoms with van der Waals surface area (Å²) in [6.45, 7) is 3.30. The van der Waals surface area contributed by atoms with Crippen LogP contribution >= 0.6 is 11.3 Å². The zero-order valence-corrected chi connectivity index (χ0v) is 6.78. The van der Waals surface area contributed by atoms with E-state index in [0.717, 1.165) is 12.4 Å². The van der Waals surface area contributed by atoms with Crippen LogP contribution in [-0.4, -0.2) is 6.61 Å². The molecule has 0 amide bonds. The number of ether oxygens (including phenoxy) is 1. The van der Waals surface area contributed by atoms with E-state index in [1.165, 1.54) is 4.88 Å². The molecule has 0 atom stereocenters. The van der Waals surface area contributed by atoms with E-state index >= 15 is 0 Å². The van der Waals surface area contributed by atoms with Crippen LogP contribution in [0, 0.1) is 0 Å². The van der Waals surface area contributed by atoms with E-state index in [4.69, 9.17) is 10.5 Å². The lowest BCUT2D eigenvalue weighted by molar-refractivity contribution is 0.341. The fourth-order valence-corrected chi connectivity index (χ4v) is 1.39. The molecule has 10 heavy (non-hydrogen) atoms. The molecule has 0 aliphatic rings. The monoisotopic (exact) mass is 157 g/mol. The molecule has 1 aromatic rings. The summed E-state index contributed by atoms with van der Waals surface area (Å²) in [5.74, 6) is 0.938. The first-order chi connectivity index (χ1) is 4.86. The summed E-state index contributed by atoms with van der Waals surface area (Å²) in [5, 5.41) is 1.98. The molecule has 0 saturated carbocycles. The predicted octanol–water partition coefficient (Wildman–Crippen LogP) is 1.61. The zero-order valence-electron chi connectivity index (χ0n) is 5.96. The minimum atomic E-state index is 0.609. The molecule has 56 valence electrons. The fourth-order valence-electron chi connectivity index (χ4n) is 0.710. The van der Waals surface area contributed by atoms with Crippen molar-refractivity contribution >= 4 is 11.3 Å². The van der Waals surface area contributed by atoms with Gasteiger partial charge >= 0.3 is 0 Å². The van der Waals surface area contributed by atoms with Gasteiger partial charge in [-0.25, -0.2) is 0 Å². The van der Waals surface area contributed by atoms with Crippen LogP contribution in [0.15, 0.2) is 11.4 Å². The first-order valence-electron chi connectivity index (χ1n) is 3.27. The Bertz CT molecular complexity index is 197. The van der Waals surface area contributed by atoms with Crippen LogP contribution in [0.4, 0.5) is 0 Å². The Balaban J connectivity index is 2.59. The third-order valence-corrected chi connectivity index (χ3v) is 2.08. The Morgan fingerprint density at radius 1 is 1.70 bits per heavy atom. The zero-order chi connectivity index (χ0) is 7.40. The minimum Gasteiger partial charge on any atom is -0.493 e. The van der Waals surface area contributed by atoms with Gasteiger partial charge in [0.25, 0.3) is 0 Å². The van der Waals surface area contributed by atoms with Gasteiger partial charge in [0.1, 0.15) is 5.75 Å². The average molecular weight is 157 g/mol. The predicted molar refractivity (Wildman–Crippen MR) is 43.4 cm³/mol. The Hall–Kier alpha value is -0.540. The largest absolute Gasteiger partial charge is 0.493 e. The van der Waals surface area contributed by atoms with Gasteiger partial charge in [-0.3, -0.25) is 0 Å². The van der Waals surface area contributed by atoms with Crippen LogP contribution in [0.1, 0.15) is 11.8 Å². The van der Waals surface area contributed by atoms with Crippen molar-refractivity contribution in [3.8, 4) is 5.75 Å². The molecule has 0 aliphatic heterocycles. The van der Waals surface area contributed by atoms with Crippen LogP contribution in [0.2, 0.25) is 0 Å². The lowest BCUT2D eigenvalue weighted by Crippen LogP contribution is -1.92. The fraction of sp³-hybridized carbons (Fsp3) is 0.429. The summed E-state index contributed by atoms with van der Waals surface area (Å²) in [4.78, 5) is 1.17. The van der Waals surface area contributed by atoms with Crippen LogP contribution in [0.25, 0.3) is 0 Å². The van der Waals surface area contributed by atoms with Crippen molar-refractivity contribution in [1.82, 2.24) is 0 Å². The van der Waals surface area contributed by atoms with Gasteiger partial charge in [0.2, 0.25) is 0 Å². The quantitative estimate of drug-likeness (QED) is 0.723. The summed E-state index contributed by atoms with van der Waals surface area (Å²) < 4.78 is 5.24. The van der Waals surface area contributed by atoms with Crippen LogP contribution in [-0.2, 0) is 6.54 Å². The van der Waals surface area contributed by atoms with E-state index in [1.54, 1.807) is 11.3 Å². The summed E-state index contributed by atoms with van der Waals surface area (Å²) in [6.07, 6.45) is 0. The van der Waals surface area contributed by atoms with Crippen LogP contribution in [0.3, 0.4) is 0 Å². The molecular formula is C7H11NOS. The smallest absolute Gasteiger partial charge is 0.130 e. The van der Waals surface area contributed by atoms with Gasteiger partial charge in [-0.2, -0.15) is 0 Å². The third kappa shape index (κ3) is 1.72. The van der Waals surface area contributed by atoms with E-state index in [1.807, 2.05) is 18.4 Å². The van der Waals surface area contributed by atoms with Crippen molar-refractivity contribution in [3.05, 3.63) is 16.3 Å². The number of thiophene rings is 1. The Kier molecular flexibility index (Phi) is 2.71. The second-order valence-electron chi connectivity index (χ2n) is 1.89. The van der Waals surface area contributed by atoms with Crippen molar-refractivity contribution in [2.24, 2.45) is 5.73 Å². The highest BCUT2D eigenvalue weighted by molar-refractivity contribution is 7.10. The Morgan fingerprint density at radius 2 is 2.50 bits per heavy atom. The minimum absolute atomic E-state index is 0.609. The summed E-state index contributed by atoms with van der Waals surface area (Å²) in [5.41, 5.74) is 5.41. The SMILES string of the molecule is CCOc1csc(CN)c1. The molecule has 0 aliphatic carbocycles. The van der Waals surface area contributed by atoms with E-state index < -0.39 is 0 Å². The maximum absolute atomic E-state index is 5.41. The first kappa shape index (κ1) is 7.57. The van der Waals surface area contributed by atoms with Gasteiger partial charge in [0, 0.05) is 16.8 Å². The number of hydrogen-bond acceptors (Lipinski definition) is 3. The second kappa shape index (κ2) is 3.58. The van der Waals surface area contributed by atoms with Crippen molar-refractivity contribution in [3.63, 3.8) is 0 Å². The molecule has 1 heterocycles. The number of hydrogen-bond donors (Lipinski definition) is 1. The van der Waals surface area contributed by atoms with E-state index in [0.29, 0.717) is 6.54 Å². The molecule has 0 fully saturated rings. The standard InChI is InChI=1S/C7H11NOS/c1-2-9-6-3-7(4-8)10-5-6/h3,5H,2,4,8H2,1H3. The molecule has 1 aromatic heterocycles. The second-order valence-corrected chi connectivity index (χ2v) is 2.88. The lowest BCUT2D eigenvalue weighted by atomic mass is 10.4. The van der Waals surface area contributed by atoms with Gasteiger partial charge in [0.15, 0.2) is 0 Å². The summed E-state index contributed by atoms with van der Waals surface area (Å²) in [7, 11) is 0. The van der Waals surface area contributed by atoms with Crippen molar-refractivity contribution < 1.29 is 4.74 Å². The van der Waals surface area contributed by atoms with Gasteiger partial charge in [-0.15, -0.1) is 11.3 Å². The van der Waals surface area contributed by atoms with Gasteiger partial charge < -0.3 is 10.5 Å². The molecule has 0 unspecified atom stereocenters. The van der Waals surface area contributed by atoms with Crippen molar-refractivity contribution in [1.29, 1.82) is 0 Å². The van der Waals surface area contributed by atoms with Crippen molar-refractivity contribution in [2.45, 2.75) is 13.5 Å². The number of nitrogens with two attached hydrogens (primary N) is 1. The maximum Gasteiger partial charge on any atom is 0.130 e. The molecular weight excluding hydrogens is 146 g/mol. The highest BCUT2D eigenvalue weighted by Crippen LogP contribution is 2.20. The van der Waals surface area contributed by atoms with Gasteiger partial charge in [-0.1, -0.05) is 0 Å². The molecule has 0 radical (unpaired) electrons. The van der Waals surface area contributed by atoms with E-state index in [-0.39, 0.29) is 0 Å². The average Bonchev–Trinajstić information content (AvgIpc) is 2.37. The topological polar surface area (TPSA) is 35.2 Å². The molecule has 3 heteroatoms. The molecule has 0 bridgehead atoms. The Labute approximate surface area is 64.6 Å².